The number of sulfonamides is 1. The smallest absolute Gasteiger partial charge is 0.297 e. The molecule has 0 saturated carbocycles. The summed E-state index contributed by atoms with van der Waals surface area (Å²) in [5.74, 6) is -0.524. The molecule has 8 nitrogen and oxygen atoms in total. The summed E-state index contributed by atoms with van der Waals surface area (Å²) < 4.78 is 26.1. The molecule has 0 amide bonds. The third-order valence-corrected chi connectivity index (χ3v) is 5.04. The van der Waals surface area contributed by atoms with Gasteiger partial charge in [-0.3, -0.25) is 14.8 Å². The Bertz CT molecular complexity index is 769. The zero-order chi connectivity index (χ0) is 14.9. The van der Waals surface area contributed by atoms with Crippen molar-refractivity contribution in [1.29, 1.82) is 0 Å². The third-order valence-electron chi connectivity index (χ3n) is 2.32. The topological polar surface area (TPSA) is 122 Å². The van der Waals surface area contributed by atoms with E-state index in [1.165, 1.54) is 6.07 Å². The van der Waals surface area contributed by atoms with Crippen molar-refractivity contribution in [3.63, 3.8) is 0 Å². The van der Waals surface area contributed by atoms with Gasteiger partial charge in [-0.1, -0.05) is 6.07 Å². The van der Waals surface area contributed by atoms with Crippen LogP contribution in [0.25, 0.3) is 0 Å². The van der Waals surface area contributed by atoms with Crippen LogP contribution in [0.2, 0.25) is 0 Å². The molecule has 2 N–H and O–H groups in total. The van der Waals surface area contributed by atoms with Gasteiger partial charge in [-0.2, -0.15) is 0 Å². The van der Waals surface area contributed by atoms with Crippen LogP contribution in [0.1, 0.15) is 5.01 Å². The van der Waals surface area contributed by atoms with Crippen LogP contribution in [0.5, 0.6) is 5.75 Å². The number of aryl methyl sites for hydroxylation is 1. The molecule has 1 aromatic carbocycles. The Morgan fingerprint density at radius 2 is 2.15 bits per heavy atom. The predicted octanol–water partition coefficient (Wildman–Crippen LogP) is 1.87. The number of nitro benzene ring substituents is 1. The monoisotopic (exact) mass is 315 g/mol. The molecule has 106 valence electrons. The van der Waals surface area contributed by atoms with Gasteiger partial charge < -0.3 is 5.11 Å². The van der Waals surface area contributed by atoms with E-state index >= 15 is 0 Å². The van der Waals surface area contributed by atoms with Crippen molar-refractivity contribution >= 4 is 32.7 Å². The first kappa shape index (κ1) is 14.2. The summed E-state index contributed by atoms with van der Waals surface area (Å²) in [6.45, 7) is 1.63. The largest absolute Gasteiger partial charge is 0.505 e. The Morgan fingerprint density at radius 3 is 2.70 bits per heavy atom. The van der Waals surface area contributed by atoms with Crippen LogP contribution in [-0.2, 0) is 10.0 Å². The lowest BCUT2D eigenvalue weighted by atomic mass is 10.2. The molecule has 2 aromatic rings. The number of nitrogens with one attached hydrogen (secondary N) is 1. The van der Waals surface area contributed by atoms with E-state index in [0.717, 1.165) is 29.7 Å². The Hall–Kier alpha value is -2.20. The Balaban J connectivity index is 2.47. The molecule has 20 heavy (non-hydrogen) atoms. The maximum atomic E-state index is 12.1. The van der Waals surface area contributed by atoms with E-state index in [4.69, 9.17) is 0 Å². The predicted molar refractivity (Wildman–Crippen MR) is 72.4 cm³/mol. The average molecular weight is 315 g/mol. The molecule has 0 saturated heterocycles. The summed E-state index contributed by atoms with van der Waals surface area (Å²) in [6.07, 6.45) is 1.15. The zero-order valence-corrected chi connectivity index (χ0v) is 11.7. The molecule has 0 aliphatic heterocycles. The van der Waals surface area contributed by atoms with Crippen molar-refractivity contribution in [3.8, 4) is 5.75 Å². The molecule has 1 aromatic heterocycles. The highest BCUT2D eigenvalue weighted by Crippen LogP contribution is 2.35. The summed E-state index contributed by atoms with van der Waals surface area (Å²) in [6, 6.07) is 3.50. The van der Waals surface area contributed by atoms with Gasteiger partial charge in [0.25, 0.3) is 15.7 Å². The fourth-order valence-electron chi connectivity index (χ4n) is 1.44. The van der Waals surface area contributed by atoms with Crippen LogP contribution < -0.4 is 4.72 Å². The first-order valence-corrected chi connectivity index (χ1v) is 7.53. The van der Waals surface area contributed by atoms with Crippen molar-refractivity contribution < 1.29 is 18.4 Å². The minimum atomic E-state index is -4.03. The summed E-state index contributed by atoms with van der Waals surface area (Å²) in [4.78, 5) is 13.9. The van der Waals surface area contributed by atoms with Crippen molar-refractivity contribution in [1.82, 2.24) is 4.98 Å². The number of para-hydroxylation sites is 1. The highest BCUT2D eigenvalue weighted by molar-refractivity contribution is 7.94. The number of hydrogen-bond donors (Lipinski definition) is 2. The highest BCUT2D eigenvalue weighted by Gasteiger charge is 2.25. The van der Waals surface area contributed by atoms with Gasteiger partial charge in [0, 0.05) is 6.07 Å². The number of hydrogen-bond acceptors (Lipinski definition) is 7. The van der Waals surface area contributed by atoms with Crippen molar-refractivity contribution in [2.75, 3.05) is 4.72 Å². The molecule has 0 bridgehead atoms. The number of aromatic nitrogens is 1. The molecule has 0 radical (unpaired) electrons. The number of nitro groups is 1. The standard InChI is InChI=1S/C10H9N3O5S2/c1-6-11-5-9(19-6)20(17,18)12-10-7(13(15)16)3-2-4-8(10)14/h2-5,12,14H,1H3. The van der Waals surface area contributed by atoms with Crippen molar-refractivity contribution in [3.05, 3.63) is 39.5 Å². The quantitative estimate of drug-likeness (QED) is 0.504. The van der Waals surface area contributed by atoms with Crippen molar-refractivity contribution in [2.45, 2.75) is 11.1 Å². The first-order valence-electron chi connectivity index (χ1n) is 5.23. The Morgan fingerprint density at radius 1 is 1.45 bits per heavy atom. The summed E-state index contributed by atoms with van der Waals surface area (Å²) in [7, 11) is -4.03. The number of rotatable bonds is 4. The lowest BCUT2D eigenvalue weighted by Crippen LogP contribution is -2.13. The zero-order valence-electron chi connectivity index (χ0n) is 10.1. The lowest BCUT2D eigenvalue weighted by molar-refractivity contribution is -0.383. The molecule has 0 spiro atoms. The molecule has 2 rings (SSSR count). The number of nitrogens with zero attached hydrogens (tertiary/aromatic N) is 2. The van der Waals surface area contributed by atoms with Gasteiger partial charge in [0.1, 0.15) is 5.75 Å². The van der Waals surface area contributed by atoms with E-state index in [1.807, 2.05) is 4.72 Å². The second-order valence-electron chi connectivity index (χ2n) is 3.73. The molecule has 0 aliphatic carbocycles. The molecule has 0 unspecified atom stereocenters. The molecule has 0 fully saturated rings. The van der Waals surface area contributed by atoms with Gasteiger partial charge in [-0.15, -0.1) is 11.3 Å². The lowest BCUT2D eigenvalue weighted by Gasteiger charge is -2.08. The maximum absolute atomic E-state index is 12.1. The SMILES string of the molecule is Cc1ncc(S(=O)(=O)Nc2c(O)cccc2[N+](=O)[O-])s1. The van der Waals surface area contributed by atoms with Gasteiger partial charge in [-0.25, -0.2) is 13.4 Å². The van der Waals surface area contributed by atoms with Crippen LogP contribution in [0, 0.1) is 17.0 Å². The molecular formula is C10H9N3O5S2. The number of phenolic OH excluding ortho intramolecular Hbond substituents is 1. The molecule has 1 heterocycles. The third kappa shape index (κ3) is 2.70. The molecule has 0 aliphatic rings. The fraction of sp³-hybridized carbons (Fsp3) is 0.100. The second-order valence-corrected chi connectivity index (χ2v) is 6.88. The van der Waals surface area contributed by atoms with Crippen LogP contribution in [-0.4, -0.2) is 23.4 Å². The van der Waals surface area contributed by atoms with E-state index in [1.54, 1.807) is 6.92 Å². The van der Waals surface area contributed by atoms with E-state index in [9.17, 15) is 23.6 Å². The molecular weight excluding hydrogens is 306 g/mol. The minimum absolute atomic E-state index is 0.0902. The number of aromatic hydroxyl groups is 1. The van der Waals surface area contributed by atoms with Gasteiger partial charge >= 0.3 is 0 Å². The average Bonchev–Trinajstić information content (AvgIpc) is 2.79. The van der Waals surface area contributed by atoms with Crippen LogP contribution in [0.4, 0.5) is 11.4 Å². The van der Waals surface area contributed by atoms with Gasteiger partial charge in [0.15, 0.2) is 9.90 Å². The first-order chi connectivity index (χ1) is 9.31. The van der Waals surface area contributed by atoms with E-state index in [-0.39, 0.29) is 4.21 Å². The van der Waals surface area contributed by atoms with E-state index in [2.05, 4.69) is 4.98 Å². The number of anilines is 1. The number of thiazole rings is 1. The Labute approximate surface area is 117 Å². The highest BCUT2D eigenvalue weighted by atomic mass is 32.2. The van der Waals surface area contributed by atoms with Crippen LogP contribution >= 0.6 is 11.3 Å². The van der Waals surface area contributed by atoms with Crippen LogP contribution in [0.15, 0.2) is 28.6 Å². The summed E-state index contributed by atoms with van der Waals surface area (Å²) in [5, 5.41) is 21.0. The van der Waals surface area contributed by atoms with Crippen LogP contribution in [0.3, 0.4) is 0 Å². The van der Waals surface area contributed by atoms with Crippen molar-refractivity contribution in [2.24, 2.45) is 0 Å². The Kier molecular flexibility index (Phi) is 3.59. The number of benzene rings is 1. The maximum Gasteiger partial charge on any atom is 0.297 e. The van der Waals surface area contributed by atoms with Gasteiger partial charge in [0.2, 0.25) is 0 Å². The van der Waals surface area contributed by atoms with Gasteiger partial charge in [-0.05, 0) is 13.0 Å². The van der Waals surface area contributed by atoms with E-state index in [0.29, 0.717) is 5.01 Å². The van der Waals surface area contributed by atoms with E-state index < -0.39 is 32.1 Å². The normalized spacial score (nSPS) is 11.2. The molecule has 10 heteroatoms. The number of phenols is 1. The molecule has 0 atom stereocenters. The minimum Gasteiger partial charge on any atom is -0.505 e. The summed E-state index contributed by atoms with van der Waals surface area (Å²) >= 11 is 0.921. The van der Waals surface area contributed by atoms with Gasteiger partial charge in [0.05, 0.1) is 16.1 Å². The second kappa shape index (κ2) is 5.06. The summed E-state index contributed by atoms with van der Waals surface area (Å²) in [5.41, 5.74) is -1.00. The fourth-order valence-corrected chi connectivity index (χ4v) is 3.63.